The average molecular weight is 355 g/mol. The molecule has 1 saturated heterocycles. The number of piperazine rings is 1. The van der Waals surface area contributed by atoms with E-state index < -0.39 is 5.97 Å². The summed E-state index contributed by atoms with van der Waals surface area (Å²) in [5.74, 6) is -0.504. The molecule has 1 aliphatic rings. The number of nitrogens with one attached hydrogen (secondary N) is 1. The number of H-pyrrole nitrogens is 1. The second kappa shape index (κ2) is 7.33. The molecule has 1 atom stereocenters. The van der Waals surface area contributed by atoms with E-state index in [0.717, 1.165) is 18.7 Å². The molecule has 26 heavy (non-hydrogen) atoms. The zero-order chi connectivity index (χ0) is 18.8. The number of aryl methyl sites for hydroxylation is 1. The summed E-state index contributed by atoms with van der Waals surface area (Å²) in [6, 6.07) is 10.0. The molecule has 1 unspecified atom stereocenters. The van der Waals surface area contributed by atoms with Crippen molar-refractivity contribution in [1.82, 2.24) is 14.8 Å². The van der Waals surface area contributed by atoms with E-state index in [1.54, 1.807) is 13.8 Å². The molecule has 1 aromatic carbocycles. The van der Waals surface area contributed by atoms with Crippen LogP contribution in [0.25, 0.3) is 0 Å². The van der Waals surface area contributed by atoms with Crippen LogP contribution in [0.3, 0.4) is 0 Å². The summed E-state index contributed by atoms with van der Waals surface area (Å²) < 4.78 is 4.85. The number of methoxy groups -OCH3 is 1. The molecular formula is C20H25N3O3. The van der Waals surface area contributed by atoms with Crippen molar-refractivity contribution in [3.63, 3.8) is 0 Å². The first-order valence-corrected chi connectivity index (χ1v) is 8.76. The van der Waals surface area contributed by atoms with E-state index in [-0.39, 0.29) is 11.9 Å². The number of nitrogens with zero attached hydrogens (tertiary/aromatic N) is 2. The molecule has 138 valence electrons. The number of benzene rings is 1. The lowest BCUT2D eigenvalue weighted by Gasteiger charge is -2.40. The van der Waals surface area contributed by atoms with Crippen LogP contribution in [0.15, 0.2) is 30.3 Å². The molecule has 0 aliphatic carbocycles. The third-order valence-electron chi connectivity index (χ3n) is 5.07. The quantitative estimate of drug-likeness (QED) is 0.860. The van der Waals surface area contributed by atoms with Crippen LogP contribution in [0.2, 0.25) is 0 Å². The maximum Gasteiger partial charge on any atom is 0.339 e. The third-order valence-corrected chi connectivity index (χ3v) is 5.07. The number of hydrogen-bond acceptors (Lipinski definition) is 4. The number of rotatable bonds is 3. The summed E-state index contributed by atoms with van der Waals surface area (Å²) in [6.45, 7) is 5.81. The van der Waals surface area contributed by atoms with E-state index in [1.165, 1.54) is 7.11 Å². The number of likely N-dealkylation sites (N-methyl/N-ethyl adjacent to an activating group) is 1. The SMILES string of the molecule is COC(=O)c1c(C)[nH]c(C(=O)N2CCN(C)CC2c2ccccc2)c1C. The fraction of sp³-hybridized carbons (Fsp3) is 0.400. The lowest BCUT2D eigenvalue weighted by molar-refractivity contribution is 0.0492. The number of carbonyl (C=O) groups excluding carboxylic acids is 2. The molecule has 1 aliphatic heterocycles. The minimum Gasteiger partial charge on any atom is -0.465 e. The number of aromatic amines is 1. The lowest BCUT2D eigenvalue weighted by Crippen LogP contribution is -2.49. The molecule has 1 N–H and O–H groups in total. The van der Waals surface area contributed by atoms with E-state index in [1.807, 2.05) is 23.1 Å². The van der Waals surface area contributed by atoms with Crippen molar-refractivity contribution in [3.8, 4) is 0 Å². The van der Waals surface area contributed by atoms with Crippen LogP contribution in [0, 0.1) is 13.8 Å². The van der Waals surface area contributed by atoms with Crippen molar-refractivity contribution < 1.29 is 14.3 Å². The first-order chi connectivity index (χ1) is 12.4. The Balaban J connectivity index is 1.96. The number of amides is 1. The summed E-state index contributed by atoms with van der Waals surface area (Å²) in [5, 5.41) is 0. The largest absolute Gasteiger partial charge is 0.465 e. The summed E-state index contributed by atoms with van der Waals surface area (Å²) in [4.78, 5) is 32.6. The van der Waals surface area contributed by atoms with Crippen LogP contribution in [0.5, 0.6) is 0 Å². The van der Waals surface area contributed by atoms with E-state index in [0.29, 0.717) is 29.1 Å². The van der Waals surface area contributed by atoms with Gasteiger partial charge in [0.15, 0.2) is 0 Å². The first-order valence-electron chi connectivity index (χ1n) is 8.76. The first kappa shape index (κ1) is 18.2. The van der Waals surface area contributed by atoms with Gasteiger partial charge in [-0.05, 0) is 32.0 Å². The van der Waals surface area contributed by atoms with Crippen LogP contribution in [-0.2, 0) is 4.74 Å². The van der Waals surface area contributed by atoms with Gasteiger partial charge in [0.1, 0.15) is 5.69 Å². The molecule has 2 aromatic rings. The number of aromatic nitrogens is 1. The van der Waals surface area contributed by atoms with Crippen LogP contribution >= 0.6 is 0 Å². The normalized spacial score (nSPS) is 18.0. The summed E-state index contributed by atoms with van der Waals surface area (Å²) in [6.07, 6.45) is 0. The molecule has 1 aromatic heterocycles. The Kier molecular flexibility index (Phi) is 5.13. The third kappa shape index (κ3) is 3.24. The van der Waals surface area contributed by atoms with Crippen LogP contribution in [0.1, 0.15) is 43.7 Å². The number of ether oxygens (including phenoxy) is 1. The molecule has 1 fully saturated rings. The van der Waals surface area contributed by atoms with Gasteiger partial charge < -0.3 is 19.5 Å². The predicted molar refractivity (Wildman–Crippen MR) is 99.3 cm³/mol. The predicted octanol–water partition coefficient (Wildman–Crippen LogP) is 2.55. The molecule has 1 amide bonds. The van der Waals surface area contributed by atoms with Crippen LogP contribution in [-0.4, -0.2) is 60.5 Å². The number of esters is 1. The Morgan fingerprint density at radius 2 is 1.85 bits per heavy atom. The fourth-order valence-electron chi connectivity index (χ4n) is 3.64. The molecule has 0 spiro atoms. The number of hydrogen-bond donors (Lipinski definition) is 1. The van der Waals surface area contributed by atoms with Crippen molar-refractivity contribution in [2.75, 3.05) is 33.8 Å². The van der Waals surface area contributed by atoms with Gasteiger partial charge in [0.2, 0.25) is 0 Å². The summed E-state index contributed by atoms with van der Waals surface area (Å²) in [7, 11) is 3.42. The van der Waals surface area contributed by atoms with E-state index in [2.05, 4.69) is 29.1 Å². The highest BCUT2D eigenvalue weighted by Crippen LogP contribution is 2.28. The molecular weight excluding hydrogens is 330 g/mol. The van der Waals surface area contributed by atoms with Crippen molar-refractivity contribution in [1.29, 1.82) is 0 Å². The molecule has 0 saturated carbocycles. The average Bonchev–Trinajstić information content (AvgIpc) is 2.95. The maximum atomic E-state index is 13.3. The standard InChI is InChI=1S/C20H25N3O3/c1-13-17(20(25)26-4)14(2)21-18(13)19(24)23-11-10-22(3)12-16(23)15-8-6-5-7-9-15/h5-9,16,21H,10-12H2,1-4H3. The highest BCUT2D eigenvalue weighted by atomic mass is 16.5. The van der Waals surface area contributed by atoms with Crippen molar-refractivity contribution in [2.45, 2.75) is 19.9 Å². The summed E-state index contributed by atoms with van der Waals surface area (Å²) in [5.41, 5.74) is 3.32. The second-order valence-corrected chi connectivity index (χ2v) is 6.80. The van der Waals surface area contributed by atoms with Crippen molar-refractivity contribution in [2.24, 2.45) is 0 Å². The molecule has 2 heterocycles. The zero-order valence-electron chi connectivity index (χ0n) is 15.7. The minimum absolute atomic E-state index is 0.0213. The molecule has 6 nitrogen and oxygen atoms in total. The zero-order valence-corrected chi connectivity index (χ0v) is 15.7. The van der Waals surface area contributed by atoms with Crippen LogP contribution in [0.4, 0.5) is 0 Å². The Morgan fingerprint density at radius 1 is 1.15 bits per heavy atom. The fourth-order valence-corrected chi connectivity index (χ4v) is 3.64. The molecule has 3 rings (SSSR count). The van der Waals surface area contributed by atoms with Gasteiger partial charge in [-0.3, -0.25) is 4.79 Å². The highest BCUT2D eigenvalue weighted by Gasteiger charge is 2.33. The van der Waals surface area contributed by atoms with Gasteiger partial charge in [-0.25, -0.2) is 4.79 Å². The Bertz CT molecular complexity index is 813. The molecule has 0 radical (unpaired) electrons. The maximum absolute atomic E-state index is 13.3. The van der Waals surface area contributed by atoms with Gasteiger partial charge in [0, 0.05) is 25.3 Å². The molecule has 0 bridgehead atoms. The van der Waals surface area contributed by atoms with Gasteiger partial charge in [-0.2, -0.15) is 0 Å². The monoisotopic (exact) mass is 355 g/mol. The Morgan fingerprint density at radius 3 is 2.50 bits per heavy atom. The smallest absolute Gasteiger partial charge is 0.339 e. The van der Waals surface area contributed by atoms with Gasteiger partial charge in [0.25, 0.3) is 5.91 Å². The topological polar surface area (TPSA) is 65.6 Å². The van der Waals surface area contributed by atoms with Crippen LogP contribution < -0.4 is 0 Å². The second-order valence-electron chi connectivity index (χ2n) is 6.80. The Labute approximate surface area is 153 Å². The Hall–Kier alpha value is -2.60. The van der Waals surface area contributed by atoms with Gasteiger partial charge in [-0.15, -0.1) is 0 Å². The van der Waals surface area contributed by atoms with E-state index >= 15 is 0 Å². The van der Waals surface area contributed by atoms with E-state index in [4.69, 9.17) is 4.74 Å². The van der Waals surface area contributed by atoms with E-state index in [9.17, 15) is 9.59 Å². The van der Waals surface area contributed by atoms with Crippen molar-refractivity contribution >= 4 is 11.9 Å². The minimum atomic E-state index is -0.423. The molecule has 6 heteroatoms. The van der Waals surface area contributed by atoms with Gasteiger partial charge >= 0.3 is 5.97 Å². The summed E-state index contributed by atoms with van der Waals surface area (Å²) >= 11 is 0. The highest BCUT2D eigenvalue weighted by molar-refractivity contribution is 6.00. The van der Waals surface area contributed by atoms with Gasteiger partial charge in [0.05, 0.1) is 18.7 Å². The lowest BCUT2D eigenvalue weighted by atomic mass is 10.0. The van der Waals surface area contributed by atoms with Crippen molar-refractivity contribution in [3.05, 3.63) is 58.4 Å². The van der Waals surface area contributed by atoms with Gasteiger partial charge in [-0.1, -0.05) is 30.3 Å². The number of carbonyl (C=O) groups is 2.